The van der Waals surface area contributed by atoms with Crippen LogP contribution in [0.2, 0.25) is 0 Å². The topological polar surface area (TPSA) is 60.2 Å². The summed E-state index contributed by atoms with van der Waals surface area (Å²) in [5.74, 6) is -0.625. The van der Waals surface area contributed by atoms with Crippen molar-refractivity contribution in [3.63, 3.8) is 0 Å². The first-order valence-electron chi connectivity index (χ1n) is 5.60. The monoisotopic (exact) mass is 257 g/mol. The maximum Gasteiger partial charge on any atom is 0.178 e. The molecule has 1 aromatic carbocycles. The van der Waals surface area contributed by atoms with Gasteiger partial charge in [-0.3, -0.25) is 0 Å². The van der Waals surface area contributed by atoms with Gasteiger partial charge in [-0.05, 0) is 24.5 Å². The van der Waals surface area contributed by atoms with Crippen LogP contribution < -0.4 is 5.73 Å². The summed E-state index contributed by atoms with van der Waals surface area (Å²) in [7, 11) is -3.52. The van der Waals surface area contributed by atoms with Crippen LogP contribution in [0.1, 0.15) is 24.8 Å². The van der Waals surface area contributed by atoms with E-state index in [9.17, 15) is 12.8 Å². The molecule has 1 saturated carbocycles. The van der Waals surface area contributed by atoms with Crippen LogP contribution in [0.3, 0.4) is 0 Å². The zero-order valence-electron chi connectivity index (χ0n) is 9.74. The first kappa shape index (κ1) is 12.5. The second-order valence-corrected chi connectivity index (χ2v) is 6.71. The smallest absolute Gasteiger partial charge is 0.178 e. The van der Waals surface area contributed by atoms with Crippen molar-refractivity contribution in [1.82, 2.24) is 0 Å². The molecule has 0 aliphatic heterocycles. The summed E-state index contributed by atoms with van der Waals surface area (Å²) in [5, 5.41) is 0. The fraction of sp³-hybridized carbons (Fsp3) is 0.500. The van der Waals surface area contributed by atoms with Gasteiger partial charge in [0.15, 0.2) is 9.84 Å². The number of benzene rings is 1. The molecule has 0 aromatic heterocycles. The van der Waals surface area contributed by atoms with E-state index >= 15 is 0 Å². The molecule has 0 heterocycles. The third kappa shape index (κ3) is 1.98. The van der Waals surface area contributed by atoms with Crippen molar-refractivity contribution in [2.24, 2.45) is 5.73 Å². The number of hydrogen-bond donors (Lipinski definition) is 1. The van der Waals surface area contributed by atoms with Crippen molar-refractivity contribution >= 4 is 9.84 Å². The fourth-order valence-electron chi connectivity index (χ4n) is 2.39. The lowest BCUT2D eigenvalue weighted by molar-refractivity contribution is 0.243. The lowest BCUT2D eigenvalue weighted by Gasteiger charge is -2.41. The Hall–Kier alpha value is -0.940. The summed E-state index contributed by atoms with van der Waals surface area (Å²) < 4.78 is 37.1. The fourth-order valence-corrected chi connectivity index (χ4v) is 3.15. The lowest BCUT2D eigenvalue weighted by Crippen LogP contribution is -2.42. The number of sulfone groups is 1. The molecule has 1 aliphatic rings. The highest BCUT2D eigenvalue weighted by atomic mass is 32.2. The minimum absolute atomic E-state index is 0.227. The molecule has 0 radical (unpaired) electrons. The van der Waals surface area contributed by atoms with Crippen LogP contribution in [0.25, 0.3) is 0 Å². The second kappa shape index (κ2) is 4.07. The number of hydrogen-bond acceptors (Lipinski definition) is 3. The highest BCUT2D eigenvalue weighted by Crippen LogP contribution is 2.44. The van der Waals surface area contributed by atoms with Crippen molar-refractivity contribution in [2.75, 3.05) is 12.8 Å². The molecular formula is C12H16FNO2S. The van der Waals surface area contributed by atoms with Crippen molar-refractivity contribution in [1.29, 1.82) is 0 Å². The molecule has 1 fully saturated rings. The van der Waals surface area contributed by atoms with E-state index in [2.05, 4.69) is 0 Å². The Morgan fingerprint density at radius 3 is 2.47 bits per heavy atom. The van der Waals surface area contributed by atoms with E-state index < -0.39 is 15.7 Å². The summed E-state index contributed by atoms with van der Waals surface area (Å²) in [6, 6.07) is 4.54. The summed E-state index contributed by atoms with van der Waals surface area (Å²) >= 11 is 0. The number of rotatable bonds is 3. The molecule has 17 heavy (non-hydrogen) atoms. The van der Waals surface area contributed by atoms with Gasteiger partial charge in [-0.25, -0.2) is 12.8 Å². The zero-order valence-corrected chi connectivity index (χ0v) is 10.6. The molecule has 5 heteroatoms. The quantitative estimate of drug-likeness (QED) is 0.895. The third-order valence-electron chi connectivity index (χ3n) is 3.64. The minimum atomic E-state index is -3.52. The standard InChI is InChI=1S/C12H16FNO2S/c1-17(15,16)10-5-2-4-9(11(10)13)12(8-14)6-3-7-12/h2,4-5H,3,6-8,14H2,1H3. The van der Waals surface area contributed by atoms with Gasteiger partial charge in [0.2, 0.25) is 0 Å². The Morgan fingerprint density at radius 2 is 2.06 bits per heavy atom. The average molecular weight is 257 g/mol. The molecule has 0 amide bonds. The largest absolute Gasteiger partial charge is 0.330 e. The average Bonchev–Trinajstić information content (AvgIpc) is 2.17. The molecule has 0 spiro atoms. The van der Waals surface area contributed by atoms with Crippen LogP contribution in [-0.2, 0) is 15.3 Å². The summed E-state index contributed by atoms with van der Waals surface area (Å²) in [5.41, 5.74) is 5.81. The van der Waals surface area contributed by atoms with Gasteiger partial charge in [0, 0.05) is 18.2 Å². The molecule has 94 valence electrons. The van der Waals surface area contributed by atoms with E-state index in [1.807, 2.05) is 0 Å². The second-order valence-electron chi connectivity index (χ2n) is 4.73. The van der Waals surface area contributed by atoms with Crippen LogP contribution >= 0.6 is 0 Å². The van der Waals surface area contributed by atoms with Crippen LogP contribution in [-0.4, -0.2) is 21.2 Å². The first-order valence-corrected chi connectivity index (χ1v) is 7.49. The Morgan fingerprint density at radius 1 is 1.41 bits per heavy atom. The van der Waals surface area contributed by atoms with E-state index in [1.165, 1.54) is 6.07 Å². The molecule has 3 nitrogen and oxygen atoms in total. The van der Waals surface area contributed by atoms with Gasteiger partial charge in [-0.2, -0.15) is 0 Å². The van der Waals surface area contributed by atoms with Crippen molar-refractivity contribution in [2.45, 2.75) is 29.6 Å². The predicted octanol–water partition coefficient (Wildman–Crippen LogP) is 1.61. The zero-order chi connectivity index (χ0) is 12.7. The molecule has 0 unspecified atom stereocenters. The van der Waals surface area contributed by atoms with Crippen molar-refractivity contribution < 1.29 is 12.8 Å². The molecule has 1 aromatic rings. The maximum atomic E-state index is 14.2. The Bertz CT molecular complexity index is 530. The summed E-state index contributed by atoms with van der Waals surface area (Å²) in [6.07, 6.45) is 3.69. The minimum Gasteiger partial charge on any atom is -0.330 e. The van der Waals surface area contributed by atoms with E-state index in [-0.39, 0.29) is 10.3 Å². The Kier molecular flexibility index (Phi) is 2.99. The molecule has 0 saturated heterocycles. The van der Waals surface area contributed by atoms with Crippen LogP contribution in [0.5, 0.6) is 0 Å². The molecule has 0 bridgehead atoms. The van der Waals surface area contributed by atoms with E-state index in [4.69, 9.17) is 5.73 Å². The Balaban J connectivity index is 2.57. The van der Waals surface area contributed by atoms with E-state index in [0.29, 0.717) is 12.1 Å². The van der Waals surface area contributed by atoms with Crippen molar-refractivity contribution in [3.8, 4) is 0 Å². The van der Waals surface area contributed by atoms with Gasteiger partial charge in [-0.15, -0.1) is 0 Å². The van der Waals surface area contributed by atoms with Crippen LogP contribution in [0.4, 0.5) is 4.39 Å². The predicted molar refractivity (Wildman–Crippen MR) is 64.1 cm³/mol. The highest BCUT2D eigenvalue weighted by Gasteiger charge is 2.40. The van der Waals surface area contributed by atoms with E-state index in [1.54, 1.807) is 12.1 Å². The SMILES string of the molecule is CS(=O)(=O)c1cccc(C2(CN)CCC2)c1F. The van der Waals surface area contributed by atoms with Gasteiger partial charge < -0.3 is 5.73 Å². The molecular weight excluding hydrogens is 241 g/mol. The Labute approximate surface area is 101 Å². The third-order valence-corrected chi connectivity index (χ3v) is 4.75. The van der Waals surface area contributed by atoms with E-state index in [0.717, 1.165) is 25.5 Å². The summed E-state index contributed by atoms with van der Waals surface area (Å²) in [4.78, 5) is -0.227. The van der Waals surface area contributed by atoms with Crippen LogP contribution in [0.15, 0.2) is 23.1 Å². The van der Waals surface area contributed by atoms with Gasteiger partial charge in [-0.1, -0.05) is 18.6 Å². The normalized spacial score (nSPS) is 18.8. The maximum absolute atomic E-state index is 14.2. The van der Waals surface area contributed by atoms with Gasteiger partial charge in [0.05, 0.1) is 0 Å². The van der Waals surface area contributed by atoms with Crippen molar-refractivity contribution in [3.05, 3.63) is 29.6 Å². The van der Waals surface area contributed by atoms with Gasteiger partial charge in [0.25, 0.3) is 0 Å². The van der Waals surface area contributed by atoms with Crippen LogP contribution in [0, 0.1) is 5.82 Å². The first-order chi connectivity index (χ1) is 7.91. The molecule has 0 atom stereocenters. The lowest BCUT2D eigenvalue weighted by atomic mass is 9.64. The molecule has 1 aliphatic carbocycles. The highest BCUT2D eigenvalue weighted by molar-refractivity contribution is 7.90. The molecule has 2 rings (SSSR count). The number of halogens is 1. The molecule has 2 N–H and O–H groups in total. The number of nitrogens with two attached hydrogens (primary N) is 1. The summed E-state index contributed by atoms with van der Waals surface area (Å²) in [6.45, 7) is 0.358. The van der Waals surface area contributed by atoms with Gasteiger partial charge in [0.1, 0.15) is 10.7 Å². The van der Waals surface area contributed by atoms with Gasteiger partial charge >= 0.3 is 0 Å².